The molecule has 12 heavy (non-hydrogen) atoms. The van der Waals surface area contributed by atoms with Crippen LogP contribution < -0.4 is 4.74 Å². The van der Waals surface area contributed by atoms with Gasteiger partial charge in [-0.15, -0.1) is 0 Å². The average molecular weight is 168 g/mol. The van der Waals surface area contributed by atoms with Gasteiger partial charge >= 0.3 is 0 Å². The fourth-order valence-corrected chi connectivity index (χ4v) is 0.904. The van der Waals surface area contributed by atoms with Crippen LogP contribution in [0.15, 0.2) is 18.3 Å². The lowest BCUT2D eigenvalue weighted by Gasteiger charge is -2.07. The molecule has 1 rings (SSSR count). The van der Waals surface area contributed by atoms with E-state index in [1.54, 1.807) is 32.5 Å². The molecule has 1 aromatic rings. The first-order chi connectivity index (χ1) is 5.72. The summed E-state index contributed by atoms with van der Waals surface area (Å²) in [6.07, 6.45) is 1.65. The van der Waals surface area contributed by atoms with Crippen molar-refractivity contribution in [2.24, 2.45) is 0 Å². The first kappa shape index (κ1) is 8.96. The van der Waals surface area contributed by atoms with Crippen molar-refractivity contribution < 1.29 is 9.94 Å². The van der Waals surface area contributed by atoms with Crippen molar-refractivity contribution in [1.82, 2.24) is 10.0 Å². The van der Waals surface area contributed by atoms with Gasteiger partial charge < -0.3 is 9.94 Å². The minimum absolute atomic E-state index is 0.400. The SMILES string of the molecule is COc1ccnc(CN(C)O)c1. The third kappa shape index (κ3) is 2.48. The fourth-order valence-electron chi connectivity index (χ4n) is 0.904. The molecule has 0 aliphatic heterocycles. The first-order valence-electron chi connectivity index (χ1n) is 3.61. The second-order valence-electron chi connectivity index (χ2n) is 2.50. The van der Waals surface area contributed by atoms with Crippen LogP contribution in [-0.4, -0.2) is 29.4 Å². The smallest absolute Gasteiger partial charge is 0.122 e. The topological polar surface area (TPSA) is 45.6 Å². The molecule has 0 amide bonds. The van der Waals surface area contributed by atoms with E-state index in [9.17, 15) is 0 Å². The zero-order chi connectivity index (χ0) is 8.97. The molecule has 0 aromatic carbocycles. The summed E-state index contributed by atoms with van der Waals surface area (Å²) in [4.78, 5) is 4.05. The molecule has 0 bridgehead atoms. The van der Waals surface area contributed by atoms with Crippen molar-refractivity contribution in [3.63, 3.8) is 0 Å². The van der Waals surface area contributed by atoms with E-state index in [4.69, 9.17) is 9.94 Å². The third-order valence-corrected chi connectivity index (χ3v) is 1.41. The van der Waals surface area contributed by atoms with E-state index in [-0.39, 0.29) is 0 Å². The summed E-state index contributed by atoms with van der Waals surface area (Å²) in [5.41, 5.74) is 0.777. The Morgan fingerprint density at radius 2 is 2.42 bits per heavy atom. The molecular weight excluding hydrogens is 156 g/mol. The van der Waals surface area contributed by atoms with E-state index < -0.39 is 0 Å². The number of ether oxygens (including phenoxy) is 1. The summed E-state index contributed by atoms with van der Waals surface area (Å²) >= 11 is 0. The van der Waals surface area contributed by atoms with Crippen LogP contribution in [0.1, 0.15) is 5.69 Å². The Kier molecular flexibility index (Phi) is 3.01. The molecular formula is C8H12N2O2. The van der Waals surface area contributed by atoms with Gasteiger partial charge in [0.25, 0.3) is 0 Å². The maximum Gasteiger partial charge on any atom is 0.122 e. The van der Waals surface area contributed by atoms with Crippen LogP contribution in [0.25, 0.3) is 0 Å². The molecule has 4 nitrogen and oxygen atoms in total. The van der Waals surface area contributed by atoms with Gasteiger partial charge in [0.15, 0.2) is 0 Å². The van der Waals surface area contributed by atoms with Gasteiger partial charge in [-0.1, -0.05) is 0 Å². The number of hydrogen-bond donors (Lipinski definition) is 1. The molecule has 0 unspecified atom stereocenters. The predicted octanol–water partition coefficient (Wildman–Crippen LogP) is 0.911. The van der Waals surface area contributed by atoms with E-state index in [0.717, 1.165) is 16.5 Å². The highest BCUT2D eigenvalue weighted by Gasteiger charge is 1.98. The first-order valence-corrected chi connectivity index (χ1v) is 3.61. The second kappa shape index (κ2) is 4.04. The monoisotopic (exact) mass is 168 g/mol. The molecule has 0 spiro atoms. The quantitative estimate of drug-likeness (QED) is 0.681. The van der Waals surface area contributed by atoms with E-state index in [1.807, 2.05) is 0 Å². The summed E-state index contributed by atoms with van der Waals surface area (Å²) in [7, 11) is 3.17. The Hall–Kier alpha value is -1.13. The van der Waals surface area contributed by atoms with E-state index in [0.29, 0.717) is 6.54 Å². The van der Waals surface area contributed by atoms with Crippen LogP contribution in [0.2, 0.25) is 0 Å². The summed E-state index contributed by atoms with van der Waals surface area (Å²) in [6.45, 7) is 0.400. The molecule has 1 heterocycles. The number of methoxy groups -OCH3 is 1. The van der Waals surface area contributed by atoms with Crippen molar-refractivity contribution in [3.05, 3.63) is 24.0 Å². The molecule has 0 fully saturated rings. The lowest BCUT2D eigenvalue weighted by Crippen LogP contribution is -2.12. The van der Waals surface area contributed by atoms with E-state index in [1.165, 1.54) is 0 Å². The van der Waals surface area contributed by atoms with Crippen molar-refractivity contribution in [2.45, 2.75) is 6.54 Å². The highest BCUT2D eigenvalue weighted by Crippen LogP contribution is 2.10. The molecule has 1 N–H and O–H groups in total. The van der Waals surface area contributed by atoms with E-state index >= 15 is 0 Å². The van der Waals surface area contributed by atoms with Gasteiger partial charge in [0.1, 0.15) is 5.75 Å². The van der Waals surface area contributed by atoms with Gasteiger partial charge in [0.2, 0.25) is 0 Å². The molecule has 0 aliphatic rings. The maximum absolute atomic E-state index is 8.92. The number of pyridine rings is 1. The van der Waals surface area contributed by atoms with Crippen LogP contribution in [0.4, 0.5) is 0 Å². The Labute approximate surface area is 71.4 Å². The highest BCUT2D eigenvalue weighted by atomic mass is 16.5. The minimum Gasteiger partial charge on any atom is -0.497 e. The minimum atomic E-state index is 0.400. The molecule has 0 saturated carbocycles. The van der Waals surface area contributed by atoms with Crippen molar-refractivity contribution in [2.75, 3.05) is 14.2 Å². The molecule has 0 aliphatic carbocycles. The van der Waals surface area contributed by atoms with Gasteiger partial charge in [-0.05, 0) is 6.07 Å². The summed E-state index contributed by atoms with van der Waals surface area (Å²) in [6, 6.07) is 3.55. The second-order valence-corrected chi connectivity index (χ2v) is 2.50. The Balaban J connectivity index is 2.72. The molecule has 4 heteroatoms. The standard InChI is InChI=1S/C8H12N2O2/c1-10(11)6-7-5-8(12-2)3-4-9-7/h3-5,11H,6H2,1-2H3. The zero-order valence-electron chi connectivity index (χ0n) is 7.19. The van der Waals surface area contributed by atoms with Crippen LogP contribution in [0.3, 0.4) is 0 Å². The van der Waals surface area contributed by atoms with Gasteiger partial charge in [-0.2, -0.15) is 5.06 Å². The van der Waals surface area contributed by atoms with Crippen LogP contribution in [0, 0.1) is 0 Å². The lowest BCUT2D eigenvalue weighted by molar-refractivity contribution is -0.0740. The predicted molar refractivity (Wildman–Crippen MR) is 44.0 cm³/mol. The van der Waals surface area contributed by atoms with Crippen molar-refractivity contribution >= 4 is 0 Å². The normalized spacial score (nSPS) is 10.3. The van der Waals surface area contributed by atoms with Gasteiger partial charge in [0, 0.05) is 19.3 Å². The number of hydroxylamine groups is 2. The molecule has 0 saturated heterocycles. The summed E-state index contributed by atoms with van der Waals surface area (Å²) in [5.74, 6) is 0.752. The molecule has 0 radical (unpaired) electrons. The van der Waals surface area contributed by atoms with Crippen LogP contribution in [0.5, 0.6) is 5.75 Å². The third-order valence-electron chi connectivity index (χ3n) is 1.41. The molecule has 1 aromatic heterocycles. The Bertz CT molecular complexity index is 251. The van der Waals surface area contributed by atoms with Gasteiger partial charge in [0.05, 0.1) is 19.3 Å². The highest BCUT2D eigenvalue weighted by molar-refractivity contribution is 5.22. The van der Waals surface area contributed by atoms with Crippen molar-refractivity contribution in [3.8, 4) is 5.75 Å². The lowest BCUT2D eigenvalue weighted by atomic mass is 10.3. The number of nitrogens with zero attached hydrogens (tertiary/aromatic N) is 2. The molecule has 0 atom stereocenters. The Morgan fingerprint density at radius 1 is 1.67 bits per heavy atom. The number of rotatable bonds is 3. The van der Waals surface area contributed by atoms with E-state index in [2.05, 4.69) is 4.98 Å². The number of hydrogen-bond acceptors (Lipinski definition) is 4. The van der Waals surface area contributed by atoms with Gasteiger partial charge in [-0.3, -0.25) is 4.98 Å². The van der Waals surface area contributed by atoms with Crippen LogP contribution in [-0.2, 0) is 6.54 Å². The van der Waals surface area contributed by atoms with Crippen LogP contribution >= 0.6 is 0 Å². The molecule has 66 valence electrons. The fraction of sp³-hybridized carbons (Fsp3) is 0.375. The Morgan fingerprint density at radius 3 is 3.00 bits per heavy atom. The summed E-state index contributed by atoms with van der Waals surface area (Å²) in [5, 5.41) is 9.99. The average Bonchev–Trinajstić information content (AvgIpc) is 2.03. The number of aromatic nitrogens is 1. The van der Waals surface area contributed by atoms with Crippen molar-refractivity contribution in [1.29, 1.82) is 0 Å². The van der Waals surface area contributed by atoms with Gasteiger partial charge in [-0.25, -0.2) is 0 Å². The maximum atomic E-state index is 8.92. The largest absolute Gasteiger partial charge is 0.497 e. The summed E-state index contributed by atoms with van der Waals surface area (Å²) < 4.78 is 5.00. The zero-order valence-corrected chi connectivity index (χ0v) is 7.19.